The van der Waals surface area contributed by atoms with Gasteiger partial charge < -0.3 is 9.72 Å². The first kappa shape index (κ1) is 15.2. The molecule has 20 heavy (non-hydrogen) atoms. The Bertz CT molecular complexity index is 681. The summed E-state index contributed by atoms with van der Waals surface area (Å²) in [5.74, 6) is 0. The number of nitrogens with zero attached hydrogens (tertiary/aromatic N) is 1. The summed E-state index contributed by atoms with van der Waals surface area (Å²) in [5.41, 5.74) is 0.574. The Kier molecular flexibility index (Phi) is 4.64. The minimum Gasteiger partial charge on any atom is -0.380 e. The van der Waals surface area contributed by atoms with Crippen molar-refractivity contribution in [2.24, 2.45) is 0 Å². The fraction of sp³-hybridized carbons (Fsp3) is 0.417. The van der Waals surface area contributed by atoms with E-state index in [2.05, 4.69) is 4.98 Å². The van der Waals surface area contributed by atoms with Crippen molar-refractivity contribution < 1.29 is 13.2 Å². The minimum absolute atomic E-state index is 0.00862. The number of pyridine rings is 1. The normalized spacial score (nSPS) is 17.0. The third kappa shape index (κ3) is 3.12. The molecule has 2 rings (SSSR count). The van der Waals surface area contributed by atoms with Crippen molar-refractivity contribution in [3.8, 4) is 0 Å². The first-order valence-electron chi connectivity index (χ1n) is 6.00. The molecule has 6 nitrogen and oxygen atoms in total. The number of rotatable bonds is 4. The van der Waals surface area contributed by atoms with Crippen molar-refractivity contribution >= 4 is 21.6 Å². The second-order valence-electron chi connectivity index (χ2n) is 4.42. The smallest absolute Gasteiger partial charge is 0.266 e. The number of aromatic amines is 1. The molecule has 1 aliphatic rings. The van der Waals surface area contributed by atoms with E-state index in [1.54, 1.807) is 7.11 Å². The lowest BCUT2D eigenvalue weighted by Gasteiger charge is -2.25. The van der Waals surface area contributed by atoms with Crippen LogP contribution in [-0.2, 0) is 14.8 Å². The van der Waals surface area contributed by atoms with Crippen LogP contribution in [0.1, 0.15) is 6.42 Å². The maximum absolute atomic E-state index is 12.4. The maximum Gasteiger partial charge on any atom is 0.266 e. The fourth-order valence-corrected chi connectivity index (χ4v) is 3.58. The summed E-state index contributed by atoms with van der Waals surface area (Å²) in [4.78, 5) is 13.5. The standard InChI is InChI=1S/C12H15ClN2O4S/c1-19-8-9-2-4-15(5-3-9)20(17,18)10-6-11(13)12(16)14-7-10/h2,6-7H,3-5,8H2,1H3,(H,14,16). The number of hydrogen-bond acceptors (Lipinski definition) is 4. The molecule has 1 aromatic rings. The van der Waals surface area contributed by atoms with E-state index < -0.39 is 15.6 Å². The number of ether oxygens (including phenoxy) is 1. The molecular weight excluding hydrogens is 304 g/mol. The number of aromatic nitrogens is 1. The number of halogens is 1. The van der Waals surface area contributed by atoms with E-state index >= 15 is 0 Å². The van der Waals surface area contributed by atoms with Gasteiger partial charge in [-0.2, -0.15) is 4.31 Å². The Morgan fingerprint density at radius 3 is 2.80 bits per heavy atom. The Labute approximate surface area is 122 Å². The molecular formula is C12H15ClN2O4S. The molecule has 0 aromatic carbocycles. The van der Waals surface area contributed by atoms with Gasteiger partial charge in [0.1, 0.15) is 5.02 Å². The van der Waals surface area contributed by atoms with E-state index in [1.165, 1.54) is 10.4 Å². The number of sulfonamides is 1. The highest BCUT2D eigenvalue weighted by Gasteiger charge is 2.26. The van der Waals surface area contributed by atoms with Crippen molar-refractivity contribution in [2.75, 3.05) is 26.8 Å². The Balaban J connectivity index is 2.23. The zero-order valence-electron chi connectivity index (χ0n) is 10.9. The van der Waals surface area contributed by atoms with Gasteiger partial charge >= 0.3 is 0 Å². The SMILES string of the molecule is COCC1=CCN(S(=O)(=O)c2c[nH]c(=O)c(Cl)c2)CC1. The highest BCUT2D eigenvalue weighted by atomic mass is 35.5. The number of H-pyrrole nitrogens is 1. The Morgan fingerprint density at radius 2 is 2.25 bits per heavy atom. The summed E-state index contributed by atoms with van der Waals surface area (Å²) in [5, 5.41) is -0.140. The molecule has 0 fully saturated rings. The molecule has 0 atom stereocenters. The molecule has 0 saturated heterocycles. The Hall–Kier alpha value is -1.15. The summed E-state index contributed by atoms with van der Waals surface area (Å²) >= 11 is 5.67. The van der Waals surface area contributed by atoms with Crippen molar-refractivity contribution in [2.45, 2.75) is 11.3 Å². The molecule has 8 heteroatoms. The van der Waals surface area contributed by atoms with E-state index in [4.69, 9.17) is 16.3 Å². The molecule has 110 valence electrons. The summed E-state index contributed by atoms with van der Waals surface area (Å²) < 4.78 is 31.2. The van der Waals surface area contributed by atoms with Crippen LogP contribution in [0, 0.1) is 0 Å². The fourth-order valence-electron chi connectivity index (χ4n) is 1.96. The van der Waals surface area contributed by atoms with Crippen LogP contribution >= 0.6 is 11.6 Å². The number of hydrogen-bond donors (Lipinski definition) is 1. The number of methoxy groups -OCH3 is 1. The molecule has 2 heterocycles. The lowest BCUT2D eigenvalue weighted by atomic mass is 10.1. The first-order chi connectivity index (χ1) is 9.45. The second-order valence-corrected chi connectivity index (χ2v) is 6.77. The molecule has 1 aliphatic heterocycles. The van der Waals surface area contributed by atoms with Crippen molar-refractivity contribution in [3.63, 3.8) is 0 Å². The van der Waals surface area contributed by atoms with Gasteiger partial charge in [-0.05, 0) is 18.1 Å². The zero-order valence-corrected chi connectivity index (χ0v) is 12.5. The van der Waals surface area contributed by atoms with E-state index in [9.17, 15) is 13.2 Å². The van der Waals surface area contributed by atoms with Crippen LogP contribution in [0.25, 0.3) is 0 Å². The monoisotopic (exact) mass is 318 g/mol. The highest BCUT2D eigenvalue weighted by molar-refractivity contribution is 7.89. The van der Waals surface area contributed by atoms with Gasteiger partial charge in [-0.15, -0.1) is 0 Å². The van der Waals surface area contributed by atoms with E-state index in [0.717, 1.165) is 11.8 Å². The van der Waals surface area contributed by atoms with E-state index in [1.807, 2.05) is 6.08 Å². The molecule has 0 saturated carbocycles. The van der Waals surface area contributed by atoms with Crippen molar-refractivity contribution in [3.05, 3.63) is 39.3 Å². The van der Waals surface area contributed by atoms with Crippen LogP contribution in [0.2, 0.25) is 5.02 Å². The number of nitrogens with one attached hydrogen (secondary N) is 1. The molecule has 1 N–H and O–H groups in total. The Morgan fingerprint density at radius 1 is 1.50 bits per heavy atom. The van der Waals surface area contributed by atoms with Gasteiger partial charge in [0.05, 0.1) is 11.5 Å². The summed E-state index contributed by atoms with van der Waals surface area (Å²) in [6.07, 6.45) is 3.64. The van der Waals surface area contributed by atoms with Gasteiger partial charge in [0.15, 0.2) is 0 Å². The topological polar surface area (TPSA) is 79.5 Å². The van der Waals surface area contributed by atoms with Crippen LogP contribution in [0.3, 0.4) is 0 Å². The van der Waals surface area contributed by atoms with Crippen LogP contribution < -0.4 is 5.56 Å². The van der Waals surface area contributed by atoms with Gasteiger partial charge in [-0.1, -0.05) is 17.7 Å². The third-order valence-electron chi connectivity index (χ3n) is 3.06. The summed E-state index contributed by atoms with van der Waals surface area (Å²) in [6, 6.07) is 1.17. The van der Waals surface area contributed by atoms with Gasteiger partial charge in [0.2, 0.25) is 10.0 Å². The molecule has 1 aromatic heterocycles. The summed E-state index contributed by atoms with van der Waals surface area (Å²) in [6.45, 7) is 1.18. The van der Waals surface area contributed by atoms with E-state index in [-0.39, 0.29) is 16.5 Å². The van der Waals surface area contributed by atoms with Gasteiger partial charge in [0.25, 0.3) is 5.56 Å². The molecule has 0 bridgehead atoms. The van der Waals surface area contributed by atoms with Crippen LogP contribution in [0.15, 0.2) is 33.6 Å². The predicted molar refractivity (Wildman–Crippen MR) is 75.4 cm³/mol. The quantitative estimate of drug-likeness (QED) is 0.840. The lowest BCUT2D eigenvalue weighted by Crippen LogP contribution is -2.35. The largest absolute Gasteiger partial charge is 0.380 e. The second kappa shape index (κ2) is 6.09. The first-order valence-corrected chi connectivity index (χ1v) is 7.82. The predicted octanol–water partition coefficient (Wildman–Crippen LogP) is 0.996. The highest BCUT2D eigenvalue weighted by Crippen LogP contribution is 2.20. The maximum atomic E-state index is 12.4. The average molecular weight is 319 g/mol. The zero-order chi connectivity index (χ0) is 14.8. The third-order valence-corrected chi connectivity index (χ3v) is 5.19. The van der Waals surface area contributed by atoms with Gasteiger partial charge in [-0.25, -0.2) is 8.42 Å². The minimum atomic E-state index is -3.65. The average Bonchev–Trinajstić information content (AvgIpc) is 2.43. The van der Waals surface area contributed by atoms with Crippen molar-refractivity contribution in [1.29, 1.82) is 0 Å². The lowest BCUT2D eigenvalue weighted by molar-refractivity contribution is 0.219. The molecule has 0 radical (unpaired) electrons. The van der Waals surface area contributed by atoms with Crippen LogP contribution in [0.4, 0.5) is 0 Å². The van der Waals surface area contributed by atoms with Gasteiger partial charge in [-0.3, -0.25) is 4.79 Å². The van der Waals surface area contributed by atoms with E-state index in [0.29, 0.717) is 19.6 Å². The van der Waals surface area contributed by atoms with Crippen LogP contribution in [0.5, 0.6) is 0 Å². The summed E-state index contributed by atoms with van der Waals surface area (Å²) in [7, 11) is -2.04. The molecule has 0 unspecified atom stereocenters. The molecule has 0 aliphatic carbocycles. The van der Waals surface area contributed by atoms with Gasteiger partial charge in [0, 0.05) is 26.4 Å². The molecule has 0 spiro atoms. The van der Waals surface area contributed by atoms with Crippen LogP contribution in [-0.4, -0.2) is 44.5 Å². The van der Waals surface area contributed by atoms with Crippen molar-refractivity contribution in [1.82, 2.24) is 9.29 Å². The molecule has 0 amide bonds.